The van der Waals surface area contributed by atoms with Crippen molar-refractivity contribution in [2.45, 2.75) is 25.8 Å². The monoisotopic (exact) mass is 228 g/mol. The van der Waals surface area contributed by atoms with Gasteiger partial charge < -0.3 is 5.32 Å². The Morgan fingerprint density at radius 3 is 3.00 bits per heavy atom. The minimum atomic E-state index is 0.730. The fourth-order valence-electron chi connectivity index (χ4n) is 1.94. The van der Waals surface area contributed by atoms with Crippen molar-refractivity contribution >= 4 is 11.8 Å². The normalized spacial score (nSPS) is 21.9. The molecule has 1 saturated heterocycles. The summed E-state index contributed by atoms with van der Waals surface area (Å²) in [6.07, 6.45) is 4.53. The van der Waals surface area contributed by atoms with E-state index in [-0.39, 0.29) is 0 Å². The third-order valence-electron chi connectivity index (χ3n) is 2.72. The summed E-state index contributed by atoms with van der Waals surface area (Å²) in [6, 6.07) is 0.730. The predicted molar refractivity (Wildman–Crippen MR) is 70.7 cm³/mol. The summed E-state index contributed by atoms with van der Waals surface area (Å²) in [4.78, 5) is 2.49. The molecule has 0 radical (unpaired) electrons. The van der Waals surface area contributed by atoms with Gasteiger partial charge in [0.15, 0.2) is 0 Å². The predicted octanol–water partition coefficient (Wildman–Crippen LogP) is 1.98. The SMILES string of the molecule is C=CCN(CCC)CCC1CSCCN1. The Morgan fingerprint density at radius 1 is 1.53 bits per heavy atom. The summed E-state index contributed by atoms with van der Waals surface area (Å²) >= 11 is 2.08. The number of hydrogen-bond donors (Lipinski definition) is 1. The fourth-order valence-corrected chi connectivity index (χ4v) is 2.93. The highest BCUT2D eigenvalue weighted by molar-refractivity contribution is 7.99. The van der Waals surface area contributed by atoms with Crippen LogP contribution in [0, 0.1) is 0 Å². The number of hydrogen-bond acceptors (Lipinski definition) is 3. The second kappa shape index (κ2) is 8.20. The molecule has 1 unspecified atom stereocenters. The van der Waals surface area contributed by atoms with Crippen molar-refractivity contribution < 1.29 is 0 Å². The molecule has 15 heavy (non-hydrogen) atoms. The molecule has 88 valence electrons. The largest absolute Gasteiger partial charge is 0.312 e. The standard InChI is InChI=1S/C12H24N2S/c1-3-7-14(8-4-2)9-5-12-11-15-10-6-13-12/h3,12-13H,1,4-11H2,2H3. The first-order valence-corrected chi connectivity index (χ1v) is 7.16. The van der Waals surface area contributed by atoms with Crippen molar-refractivity contribution in [2.24, 2.45) is 0 Å². The van der Waals surface area contributed by atoms with E-state index in [1.54, 1.807) is 0 Å². The van der Waals surface area contributed by atoms with Gasteiger partial charge in [0.2, 0.25) is 0 Å². The smallest absolute Gasteiger partial charge is 0.0170 e. The van der Waals surface area contributed by atoms with E-state index in [0.29, 0.717) is 0 Å². The lowest BCUT2D eigenvalue weighted by Gasteiger charge is -2.26. The molecule has 0 amide bonds. The first-order chi connectivity index (χ1) is 7.36. The molecular weight excluding hydrogens is 204 g/mol. The molecule has 0 bridgehead atoms. The molecule has 1 heterocycles. The van der Waals surface area contributed by atoms with Gasteiger partial charge in [0.25, 0.3) is 0 Å². The quantitative estimate of drug-likeness (QED) is 0.671. The molecule has 0 spiro atoms. The Labute approximate surface area is 98.5 Å². The molecule has 1 aliphatic rings. The van der Waals surface area contributed by atoms with Gasteiger partial charge in [-0.25, -0.2) is 0 Å². The highest BCUT2D eigenvalue weighted by atomic mass is 32.2. The van der Waals surface area contributed by atoms with Crippen LogP contribution < -0.4 is 5.32 Å². The van der Waals surface area contributed by atoms with Gasteiger partial charge in [-0.1, -0.05) is 13.0 Å². The Hall–Kier alpha value is 0.01000. The summed E-state index contributed by atoms with van der Waals surface area (Å²) in [6.45, 7) is 10.7. The van der Waals surface area contributed by atoms with Crippen LogP contribution in [0.1, 0.15) is 19.8 Å². The first-order valence-electron chi connectivity index (χ1n) is 6.01. The van der Waals surface area contributed by atoms with Gasteiger partial charge in [-0.05, 0) is 25.9 Å². The van der Waals surface area contributed by atoms with Gasteiger partial charge in [0, 0.05) is 30.6 Å². The molecule has 2 nitrogen and oxygen atoms in total. The van der Waals surface area contributed by atoms with Gasteiger partial charge in [-0.2, -0.15) is 11.8 Å². The molecule has 1 fully saturated rings. The Balaban J connectivity index is 2.16. The fraction of sp³-hybridized carbons (Fsp3) is 0.833. The maximum absolute atomic E-state index is 3.82. The van der Waals surface area contributed by atoms with E-state index in [1.807, 2.05) is 6.08 Å². The van der Waals surface area contributed by atoms with Crippen molar-refractivity contribution in [3.05, 3.63) is 12.7 Å². The molecule has 1 N–H and O–H groups in total. The maximum Gasteiger partial charge on any atom is 0.0170 e. The van der Waals surface area contributed by atoms with Crippen LogP contribution in [-0.4, -0.2) is 48.6 Å². The molecular formula is C12H24N2S. The van der Waals surface area contributed by atoms with Crippen LogP contribution in [0.25, 0.3) is 0 Å². The molecule has 0 aliphatic carbocycles. The Bertz CT molecular complexity index is 167. The average molecular weight is 228 g/mol. The summed E-state index contributed by atoms with van der Waals surface area (Å²) in [7, 11) is 0. The minimum Gasteiger partial charge on any atom is -0.312 e. The second-order valence-electron chi connectivity index (χ2n) is 4.10. The first kappa shape index (κ1) is 13.1. The minimum absolute atomic E-state index is 0.730. The lowest BCUT2D eigenvalue weighted by molar-refractivity contribution is 0.285. The van der Waals surface area contributed by atoms with Crippen LogP contribution in [0.5, 0.6) is 0 Å². The van der Waals surface area contributed by atoms with E-state index < -0.39 is 0 Å². The maximum atomic E-state index is 3.82. The number of rotatable bonds is 7. The van der Waals surface area contributed by atoms with Gasteiger partial charge in [0.05, 0.1) is 0 Å². The van der Waals surface area contributed by atoms with E-state index in [9.17, 15) is 0 Å². The third kappa shape index (κ3) is 5.59. The van der Waals surface area contributed by atoms with E-state index in [1.165, 1.54) is 44.0 Å². The van der Waals surface area contributed by atoms with E-state index in [4.69, 9.17) is 0 Å². The highest BCUT2D eigenvalue weighted by Gasteiger charge is 2.13. The van der Waals surface area contributed by atoms with Crippen LogP contribution >= 0.6 is 11.8 Å². The molecule has 1 rings (SSSR count). The van der Waals surface area contributed by atoms with E-state index in [0.717, 1.165) is 12.6 Å². The zero-order valence-corrected chi connectivity index (χ0v) is 10.7. The molecule has 3 heteroatoms. The van der Waals surface area contributed by atoms with Gasteiger partial charge >= 0.3 is 0 Å². The van der Waals surface area contributed by atoms with Crippen molar-refractivity contribution in [3.63, 3.8) is 0 Å². The molecule has 0 aromatic rings. The summed E-state index contributed by atoms with van der Waals surface area (Å²) < 4.78 is 0. The average Bonchev–Trinajstić information content (AvgIpc) is 2.28. The van der Waals surface area contributed by atoms with E-state index >= 15 is 0 Å². The van der Waals surface area contributed by atoms with Crippen molar-refractivity contribution in [3.8, 4) is 0 Å². The van der Waals surface area contributed by atoms with Gasteiger partial charge in [-0.15, -0.1) is 6.58 Å². The Kier molecular flexibility index (Phi) is 7.14. The van der Waals surface area contributed by atoms with Crippen LogP contribution in [0.15, 0.2) is 12.7 Å². The van der Waals surface area contributed by atoms with Crippen LogP contribution in [0.2, 0.25) is 0 Å². The summed E-state index contributed by atoms with van der Waals surface area (Å²) in [5.41, 5.74) is 0. The zero-order chi connectivity index (χ0) is 10.9. The topological polar surface area (TPSA) is 15.3 Å². The summed E-state index contributed by atoms with van der Waals surface area (Å²) in [5, 5.41) is 3.59. The summed E-state index contributed by atoms with van der Waals surface area (Å²) in [5.74, 6) is 2.57. The van der Waals surface area contributed by atoms with Gasteiger partial charge in [-0.3, -0.25) is 4.90 Å². The zero-order valence-electron chi connectivity index (χ0n) is 9.87. The second-order valence-corrected chi connectivity index (χ2v) is 5.25. The van der Waals surface area contributed by atoms with Crippen molar-refractivity contribution in [2.75, 3.05) is 37.7 Å². The lowest BCUT2D eigenvalue weighted by Crippen LogP contribution is -2.40. The third-order valence-corrected chi connectivity index (χ3v) is 3.85. The molecule has 0 saturated carbocycles. The molecule has 1 atom stereocenters. The Morgan fingerprint density at radius 2 is 2.40 bits per heavy atom. The number of thioether (sulfide) groups is 1. The lowest BCUT2D eigenvalue weighted by atomic mass is 10.2. The number of nitrogens with zero attached hydrogens (tertiary/aromatic N) is 1. The van der Waals surface area contributed by atoms with Crippen LogP contribution in [-0.2, 0) is 0 Å². The van der Waals surface area contributed by atoms with Crippen molar-refractivity contribution in [1.82, 2.24) is 10.2 Å². The number of nitrogens with one attached hydrogen (secondary N) is 1. The molecule has 0 aromatic heterocycles. The molecule has 0 aromatic carbocycles. The van der Waals surface area contributed by atoms with Crippen molar-refractivity contribution in [1.29, 1.82) is 0 Å². The van der Waals surface area contributed by atoms with Crippen LogP contribution in [0.4, 0.5) is 0 Å². The van der Waals surface area contributed by atoms with E-state index in [2.05, 4.69) is 35.5 Å². The highest BCUT2D eigenvalue weighted by Crippen LogP contribution is 2.10. The van der Waals surface area contributed by atoms with Gasteiger partial charge in [0.1, 0.15) is 0 Å². The van der Waals surface area contributed by atoms with Crippen LogP contribution in [0.3, 0.4) is 0 Å². The molecule has 1 aliphatic heterocycles.